The maximum atomic E-state index is 12.6. The number of ether oxygens (including phenoxy) is 1. The number of esters is 1. The largest absolute Gasteiger partial charge is 0.462 e. The van der Waals surface area contributed by atoms with Crippen LogP contribution in [0.25, 0.3) is 21.8 Å². The van der Waals surface area contributed by atoms with Crippen molar-refractivity contribution in [3.63, 3.8) is 0 Å². The number of H-pyrrole nitrogens is 1. The molecule has 3 aromatic heterocycles. The molecule has 0 radical (unpaired) electrons. The van der Waals surface area contributed by atoms with Gasteiger partial charge in [-0.05, 0) is 18.4 Å². The molecule has 3 heterocycles. The van der Waals surface area contributed by atoms with Crippen LogP contribution in [-0.2, 0) is 9.53 Å². The van der Waals surface area contributed by atoms with E-state index in [9.17, 15) is 9.59 Å². The van der Waals surface area contributed by atoms with Crippen molar-refractivity contribution in [3.8, 4) is 21.8 Å². The Hall–Kier alpha value is -2.95. The molecule has 2 N–H and O–H groups in total. The van der Waals surface area contributed by atoms with Gasteiger partial charge in [0.05, 0.1) is 12.4 Å². The number of nitrogens with zero attached hydrogens (tertiary/aromatic N) is 2. The van der Waals surface area contributed by atoms with E-state index in [0.717, 1.165) is 16.0 Å². The molecule has 158 valence electrons. The van der Waals surface area contributed by atoms with Crippen molar-refractivity contribution in [3.05, 3.63) is 58.8 Å². The lowest BCUT2D eigenvalue weighted by Gasteiger charge is -2.07. The first-order valence-electron chi connectivity index (χ1n) is 9.38. The summed E-state index contributed by atoms with van der Waals surface area (Å²) in [5.41, 5.74) is 2.07. The van der Waals surface area contributed by atoms with Crippen LogP contribution in [0.4, 0.5) is 5.00 Å². The van der Waals surface area contributed by atoms with E-state index < -0.39 is 5.97 Å². The van der Waals surface area contributed by atoms with E-state index in [2.05, 4.69) is 20.5 Å². The summed E-state index contributed by atoms with van der Waals surface area (Å²) in [6.07, 6.45) is 0. The van der Waals surface area contributed by atoms with Crippen molar-refractivity contribution in [1.82, 2.24) is 15.2 Å². The fourth-order valence-corrected chi connectivity index (χ4v) is 5.18. The third-order valence-corrected chi connectivity index (χ3v) is 6.80. The first-order valence-corrected chi connectivity index (χ1v) is 12.1. The standard InChI is InChI=1S/C21H18N4O3S3/c1-2-28-20(27)17-14(15-9-6-10-29-15)11-30-19(17)22-16(26)12-31-21-23-18(24-25-21)13-7-4-3-5-8-13/h3-11H,2,12H2,1H3,(H,22,26)(H,23,24,25). The number of rotatable bonds is 8. The quantitative estimate of drug-likeness (QED) is 0.272. The summed E-state index contributed by atoms with van der Waals surface area (Å²) in [4.78, 5) is 30.5. The number of nitrogens with one attached hydrogen (secondary N) is 2. The lowest BCUT2D eigenvalue weighted by atomic mass is 10.1. The van der Waals surface area contributed by atoms with Crippen molar-refractivity contribution in [2.75, 3.05) is 17.7 Å². The molecule has 31 heavy (non-hydrogen) atoms. The number of anilines is 1. The topological polar surface area (TPSA) is 97.0 Å². The van der Waals surface area contributed by atoms with Crippen LogP contribution < -0.4 is 5.32 Å². The van der Waals surface area contributed by atoms with E-state index >= 15 is 0 Å². The summed E-state index contributed by atoms with van der Waals surface area (Å²) >= 11 is 4.05. The smallest absolute Gasteiger partial charge is 0.341 e. The molecule has 0 bridgehead atoms. The van der Waals surface area contributed by atoms with Gasteiger partial charge in [-0.2, -0.15) is 0 Å². The van der Waals surface area contributed by atoms with Gasteiger partial charge in [-0.3, -0.25) is 9.89 Å². The SMILES string of the molecule is CCOC(=O)c1c(-c2cccs2)csc1NC(=O)CSc1n[nH]c(-c2ccccc2)n1. The Morgan fingerprint density at radius 1 is 1.16 bits per heavy atom. The van der Waals surface area contributed by atoms with Gasteiger partial charge in [0.2, 0.25) is 11.1 Å². The van der Waals surface area contributed by atoms with E-state index in [-0.39, 0.29) is 18.3 Å². The lowest BCUT2D eigenvalue weighted by molar-refractivity contribution is -0.113. The molecule has 0 aliphatic carbocycles. The van der Waals surface area contributed by atoms with Crippen LogP contribution in [0.5, 0.6) is 0 Å². The molecule has 7 nitrogen and oxygen atoms in total. The Morgan fingerprint density at radius 2 is 2.00 bits per heavy atom. The van der Waals surface area contributed by atoms with Crippen LogP contribution in [0.1, 0.15) is 17.3 Å². The molecule has 0 spiro atoms. The van der Waals surface area contributed by atoms with Gasteiger partial charge >= 0.3 is 5.97 Å². The molecular weight excluding hydrogens is 452 g/mol. The van der Waals surface area contributed by atoms with E-state index in [4.69, 9.17) is 4.74 Å². The molecule has 0 aliphatic rings. The molecule has 4 rings (SSSR count). The van der Waals surface area contributed by atoms with Gasteiger partial charge < -0.3 is 10.1 Å². The number of benzene rings is 1. The van der Waals surface area contributed by atoms with Gasteiger partial charge in [0.25, 0.3) is 0 Å². The second kappa shape index (κ2) is 9.90. The number of carbonyl (C=O) groups is 2. The van der Waals surface area contributed by atoms with Gasteiger partial charge in [-0.15, -0.1) is 27.8 Å². The normalized spacial score (nSPS) is 10.7. The van der Waals surface area contributed by atoms with Crippen molar-refractivity contribution in [2.24, 2.45) is 0 Å². The number of amides is 1. The molecule has 0 saturated heterocycles. The fourth-order valence-electron chi connectivity index (χ4n) is 2.80. The minimum Gasteiger partial charge on any atom is -0.462 e. The average molecular weight is 471 g/mol. The zero-order chi connectivity index (χ0) is 21.6. The predicted octanol–water partition coefficient (Wildman–Crippen LogP) is 5.17. The van der Waals surface area contributed by atoms with E-state index in [1.165, 1.54) is 34.4 Å². The van der Waals surface area contributed by atoms with Crippen molar-refractivity contribution in [1.29, 1.82) is 0 Å². The summed E-state index contributed by atoms with van der Waals surface area (Å²) < 4.78 is 5.21. The van der Waals surface area contributed by atoms with Gasteiger partial charge in [0, 0.05) is 21.4 Å². The molecule has 0 aliphatic heterocycles. The van der Waals surface area contributed by atoms with Gasteiger partial charge in [-0.25, -0.2) is 9.78 Å². The Labute approximate surface area is 190 Å². The molecule has 1 aromatic carbocycles. The lowest BCUT2D eigenvalue weighted by Crippen LogP contribution is -2.16. The molecule has 0 saturated carbocycles. The first kappa shape index (κ1) is 21.3. The molecule has 0 fully saturated rings. The molecule has 1 amide bonds. The fraction of sp³-hybridized carbons (Fsp3) is 0.143. The van der Waals surface area contributed by atoms with Gasteiger partial charge in [0.1, 0.15) is 10.6 Å². The molecular formula is C21H18N4O3S3. The monoisotopic (exact) mass is 470 g/mol. The Morgan fingerprint density at radius 3 is 2.74 bits per heavy atom. The van der Waals surface area contributed by atoms with E-state index in [1.807, 2.05) is 53.2 Å². The summed E-state index contributed by atoms with van der Waals surface area (Å²) in [6.45, 7) is 2.01. The highest BCUT2D eigenvalue weighted by molar-refractivity contribution is 7.99. The van der Waals surface area contributed by atoms with Crippen LogP contribution >= 0.6 is 34.4 Å². The maximum Gasteiger partial charge on any atom is 0.341 e. The van der Waals surface area contributed by atoms with Crippen molar-refractivity contribution < 1.29 is 14.3 Å². The molecule has 0 atom stereocenters. The third kappa shape index (κ3) is 5.04. The Bertz CT molecular complexity index is 1170. The minimum absolute atomic E-state index is 0.112. The predicted molar refractivity (Wildman–Crippen MR) is 125 cm³/mol. The minimum atomic E-state index is -0.448. The summed E-state index contributed by atoms with van der Waals surface area (Å²) in [6, 6.07) is 13.5. The molecule has 4 aromatic rings. The zero-order valence-corrected chi connectivity index (χ0v) is 18.9. The molecule has 0 unspecified atom stereocenters. The number of aromatic amines is 1. The van der Waals surface area contributed by atoms with Crippen molar-refractivity contribution >= 4 is 51.3 Å². The first-order chi connectivity index (χ1) is 15.2. The van der Waals surface area contributed by atoms with Gasteiger partial charge in [-0.1, -0.05) is 48.2 Å². The van der Waals surface area contributed by atoms with Crippen LogP contribution in [0.3, 0.4) is 0 Å². The second-order valence-corrected chi connectivity index (χ2v) is 8.99. The highest BCUT2D eigenvalue weighted by Gasteiger charge is 2.23. The number of thioether (sulfide) groups is 1. The highest BCUT2D eigenvalue weighted by atomic mass is 32.2. The number of aromatic nitrogens is 3. The summed E-state index contributed by atoms with van der Waals surface area (Å²) in [5.74, 6) is 0.0605. The van der Waals surface area contributed by atoms with Crippen molar-refractivity contribution in [2.45, 2.75) is 12.1 Å². The van der Waals surface area contributed by atoms with E-state index in [0.29, 0.717) is 21.5 Å². The van der Waals surface area contributed by atoms with Gasteiger partial charge in [0.15, 0.2) is 5.82 Å². The third-order valence-electron chi connectivity index (χ3n) is 4.15. The van der Waals surface area contributed by atoms with Crippen LogP contribution in [-0.4, -0.2) is 39.4 Å². The number of hydrogen-bond donors (Lipinski definition) is 2. The number of carbonyl (C=O) groups excluding carboxylic acids is 2. The summed E-state index contributed by atoms with van der Waals surface area (Å²) in [7, 11) is 0. The highest BCUT2D eigenvalue weighted by Crippen LogP contribution is 2.38. The van der Waals surface area contributed by atoms with Crippen LogP contribution in [0.15, 0.2) is 58.4 Å². The second-order valence-electron chi connectivity index (χ2n) is 6.22. The van der Waals surface area contributed by atoms with Crippen LogP contribution in [0, 0.1) is 0 Å². The number of hydrogen-bond acceptors (Lipinski definition) is 8. The van der Waals surface area contributed by atoms with Crippen LogP contribution in [0.2, 0.25) is 0 Å². The number of thiophene rings is 2. The Kier molecular flexibility index (Phi) is 6.80. The average Bonchev–Trinajstić information content (AvgIpc) is 3.53. The Balaban J connectivity index is 1.44. The maximum absolute atomic E-state index is 12.6. The zero-order valence-electron chi connectivity index (χ0n) is 16.5. The molecule has 10 heteroatoms. The van der Waals surface area contributed by atoms with E-state index in [1.54, 1.807) is 6.92 Å². The summed E-state index contributed by atoms with van der Waals surface area (Å²) in [5, 5.41) is 14.6.